The van der Waals surface area contributed by atoms with E-state index in [1.54, 1.807) is 43.0 Å². The van der Waals surface area contributed by atoms with Gasteiger partial charge in [0.2, 0.25) is 0 Å². The molecule has 0 aliphatic carbocycles. The van der Waals surface area contributed by atoms with Crippen LogP contribution >= 0.6 is 7.60 Å². The van der Waals surface area contributed by atoms with Gasteiger partial charge in [0.1, 0.15) is 0 Å². The van der Waals surface area contributed by atoms with Gasteiger partial charge in [-0.3, -0.25) is 14.5 Å². The van der Waals surface area contributed by atoms with Crippen LogP contribution < -0.4 is 5.30 Å². The molecule has 114 valence electrons. The summed E-state index contributed by atoms with van der Waals surface area (Å²) in [6.07, 6.45) is 7.00. The molecule has 0 aliphatic rings. The van der Waals surface area contributed by atoms with Gasteiger partial charge in [0.25, 0.3) is 0 Å². The molecule has 3 rings (SSSR count). The van der Waals surface area contributed by atoms with Gasteiger partial charge in [-0.05, 0) is 36.4 Å². The van der Waals surface area contributed by atoms with Crippen molar-refractivity contribution in [3.8, 4) is 0 Å². The molecule has 0 amide bonds. The first-order chi connectivity index (χ1) is 10.6. The fourth-order valence-electron chi connectivity index (χ4n) is 1.25. The first kappa shape index (κ1) is 17.7. The van der Waals surface area contributed by atoms with Crippen molar-refractivity contribution in [1.29, 1.82) is 0 Å². The number of hydrogen-bond donors (Lipinski definition) is 2. The smallest absolute Gasteiger partial charge is 0.321 e. The first-order valence-corrected chi connectivity index (χ1v) is 8.03. The third kappa shape index (κ3) is 8.76. The van der Waals surface area contributed by atoms with E-state index in [9.17, 15) is 4.57 Å². The van der Waals surface area contributed by atoms with Gasteiger partial charge in [-0.25, -0.2) is 0 Å². The highest BCUT2D eigenvalue weighted by atomic mass is 31.2. The molecular formula is C16H17N2O3P. The number of nitrogens with zero attached hydrogens (tertiary/aromatic N) is 2. The normalized spacial score (nSPS) is 9.55. The number of benzene rings is 1. The van der Waals surface area contributed by atoms with E-state index in [0.717, 1.165) is 0 Å². The lowest BCUT2D eigenvalue weighted by Gasteiger charge is -2.00. The molecule has 5 nitrogen and oxygen atoms in total. The van der Waals surface area contributed by atoms with Gasteiger partial charge >= 0.3 is 7.60 Å². The zero-order valence-corrected chi connectivity index (χ0v) is 12.7. The minimum absolute atomic E-state index is 0.0648. The molecule has 0 bridgehead atoms. The Labute approximate surface area is 129 Å². The summed E-state index contributed by atoms with van der Waals surface area (Å²) in [4.78, 5) is 24.8. The van der Waals surface area contributed by atoms with Crippen molar-refractivity contribution in [1.82, 2.24) is 9.97 Å². The standard InChI is InChI=1S/C6H7O3P.2C5H5N/c7-10(8,9)6-4-2-1-3-5-6;2*1-2-4-6-5-3-1/h1-5H,(H2,7,8,9);2*1-5H. The van der Waals surface area contributed by atoms with Crippen molar-refractivity contribution in [2.24, 2.45) is 0 Å². The maximum Gasteiger partial charge on any atom is 0.356 e. The summed E-state index contributed by atoms with van der Waals surface area (Å²) < 4.78 is 10.5. The van der Waals surface area contributed by atoms with E-state index in [1.165, 1.54) is 12.1 Å². The van der Waals surface area contributed by atoms with E-state index < -0.39 is 7.60 Å². The number of aromatic nitrogens is 2. The summed E-state index contributed by atoms with van der Waals surface area (Å²) in [5.41, 5.74) is 0. The Morgan fingerprint density at radius 1 is 0.636 bits per heavy atom. The van der Waals surface area contributed by atoms with Crippen molar-refractivity contribution >= 4 is 12.9 Å². The first-order valence-electron chi connectivity index (χ1n) is 6.42. The van der Waals surface area contributed by atoms with Crippen LogP contribution in [0.2, 0.25) is 0 Å². The van der Waals surface area contributed by atoms with Crippen LogP contribution in [0.25, 0.3) is 0 Å². The Balaban J connectivity index is 0.000000174. The van der Waals surface area contributed by atoms with Crippen LogP contribution in [0.5, 0.6) is 0 Å². The van der Waals surface area contributed by atoms with Crippen molar-refractivity contribution in [3.05, 3.63) is 91.5 Å². The average Bonchev–Trinajstić information content (AvgIpc) is 2.59. The molecule has 22 heavy (non-hydrogen) atoms. The summed E-state index contributed by atoms with van der Waals surface area (Å²) in [6, 6.07) is 19.1. The molecule has 2 aromatic heterocycles. The van der Waals surface area contributed by atoms with Gasteiger partial charge in [-0.2, -0.15) is 0 Å². The fourth-order valence-corrected chi connectivity index (χ4v) is 1.81. The average molecular weight is 316 g/mol. The van der Waals surface area contributed by atoms with E-state index in [0.29, 0.717) is 0 Å². The lowest BCUT2D eigenvalue weighted by molar-refractivity contribution is 0.387. The molecule has 0 aliphatic heterocycles. The Morgan fingerprint density at radius 2 is 1.00 bits per heavy atom. The molecule has 2 N–H and O–H groups in total. The van der Waals surface area contributed by atoms with Crippen LogP contribution in [0.1, 0.15) is 0 Å². The SMILES string of the molecule is O=P(O)(O)c1ccccc1.c1ccncc1.c1ccncc1. The Morgan fingerprint density at radius 3 is 1.18 bits per heavy atom. The van der Waals surface area contributed by atoms with Gasteiger partial charge in [-0.1, -0.05) is 30.3 Å². The molecule has 0 spiro atoms. The maximum atomic E-state index is 10.5. The van der Waals surface area contributed by atoms with E-state index in [-0.39, 0.29) is 5.30 Å². The van der Waals surface area contributed by atoms with Gasteiger partial charge in [0.15, 0.2) is 0 Å². The van der Waals surface area contributed by atoms with Crippen LogP contribution in [0, 0.1) is 0 Å². The second-order valence-corrected chi connectivity index (χ2v) is 5.53. The third-order valence-corrected chi connectivity index (χ3v) is 3.20. The summed E-state index contributed by atoms with van der Waals surface area (Å²) in [6.45, 7) is 0. The monoisotopic (exact) mass is 316 g/mol. The maximum absolute atomic E-state index is 10.5. The van der Waals surface area contributed by atoms with Crippen LogP contribution in [-0.4, -0.2) is 19.8 Å². The molecule has 6 heteroatoms. The van der Waals surface area contributed by atoms with Crippen LogP contribution in [0.4, 0.5) is 0 Å². The Bertz CT molecular complexity index is 561. The minimum Gasteiger partial charge on any atom is -0.321 e. The Hall–Kier alpha value is -2.33. The van der Waals surface area contributed by atoms with Gasteiger partial charge in [-0.15, -0.1) is 0 Å². The quantitative estimate of drug-likeness (QED) is 0.674. The number of hydrogen-bond acceptors (Lipinski definition) is 3. The van der Waals surface area contributed by atoms with Crippen LogP contribution in [0.15, 0.2) is 91.5 Å². The van der Waals surface area contributed by atoms with Crippen LogP contribution in [-0.2, 0) is 4.57 Å². The predicted molar refractivity (Wildman–Crippen MR) is 86.6 cm³/mol. The van der Waals surface area contributed by atoms with Crippen molar-refractivity contribution in [3.63, 3.8) is 0 Å². The molecule has 0 fully saturated rings. The lowest BCUT2D eigenvalue weighted by Crippen LogP contribution is -2.01. The van der Waals surface area contributed by atoms with Crippen molar-refractivity contribution < 1.29 is 14.4 Å². The third-order valence-electron chi connectivity index (χ3n) is 2.23. The zero-order valence-electron chi connectivity index (χ0n) is 11.8. The Kier molecular flexibility index (Phi) is 8.38. The van der Waals surface area contributed by atoms with Gasteiger partial charge < -0.3 is 9.79 Å². The fraction of sp³-hybridized carbons (Fsp3) is 0. The molecule has 1 aromatic carbocycles. The molecule has 0 saturated carbocycles. The second kappa shape index (κ2) is 10.4. The van der Waals surface area contributed by atoms with E-state index >= 15 is 0 Å². The van der Waals surface area contributed by atoms with Gasteiger partial charge in [0, 0.05) is 24.8 Å². The molecule has 0 atom stereocenters. The summed E-state index contributed by atoms with van der Waals surface area (Å²) in [7, 11) is -4.02. The number of pyridine rings is 2. The summed E-state index contributed by atoms with van der Waals surface area (Å²) >= 11 is 0. The lowest BCUT2D eigenvalue weighted by atomic mass is 10.4. The topological polar surface area (TPSA) is 83.3 Å². The second-order valence-electron chi connectivity index (χ2n) is 3.93. The molecule has 3 aromatic rings. The van der Waals surface area contributed by atoms with Crippen LogP contribution in [0.3, 0.4) is 0 Å². The van der Waals surface area contributed by atoms with E-state index in [2.05, 4.69) is 9.97 Å². The molecular weight excluding hydrogens is 299 g/mol. The highest BCUT2D eigenvalue weighted by Crippen LogP contribution is 2.32. The largest absolute Gasteiger partial charge is 0.356 e. The zero-order chi connectivity index (χ0) is 16.1. The molecule has 0 radical (unpaired) electrons. The van der Waals surface area contributed by atoms with Gasteiger partial charge in [0.05, 0.1) is 5.30 Å². The predicted octanol–water partition coefficient (Wildman–Crippen LogP) is 2.65. The summed E-state index contributed by atoms with van der Waals surface area (Å²) in [5, 5.41) is 0.0648. The summed E-state index contributed by atoms with van der Waals surface area (Å²) in [5.74, 6) is 0. The highest BCUT2D eigenvalue weighted by Gasteiger charge is 2.14. The molecule has 0 saturated heterocycles. The molecule has 2 heterocycles. The van der Waals surface area contributed by atoms with E-state index in [4.69, 9.17) is 9.79 Å². The van der Waals surface area contributed by atoms with Crippen molar-refractivity contribution in [2.45, 2.75) is 0 Å². The highest BCUT2D eigenvalue weighted by molar-refractivity contribution is 7.60. The van der Waals surface area contributed by atoms with Crippen molar-refractivity contribution in [2.75, 3.05) is 0 Å². The van der Waals surface area contributed by atoms with E-state index in [1.807, 2.05) is 36.4 Å². The minimum atomic E-state index is -4.02. The molecule has 0 unspecified atom stereocenters. The number of rotatable bonds is 1.